The van der Waals surface area contributed by atoms with E-state index in [1.165, 1.54) is 0 Å². The second kappa shape index (κ2) is 9.87. The maximum Gasteiger partial charge on any atom is 0.223 e. The average Bonchev–Trinajstić information content (AvgIpc) is 3.22. The van der Waals surface area contributed by atoms with Crippen molar-refractivity contribution in [2.75, 3.05) is 31.1 Å². The number of ether oxygens (including phenoxy) is 1. The molecular weight excluding hydrogens is 392 g/mol. The van der Waals surface area contributed by atoms with Crippen molar-refractivity contribution in [1.82, 2.24) is 25.1 Å². The first kappa shape index (κ1) is 21.2. The van der Waals surface area contributed by atoms with Crippen molar-refractivity contribution in [2.45, 2.75) is 39.2 Å². The molecule has 0 aliphatic carbocycles. The van der Waals surface area contributed by atoms with Gasteiger partial charge in [0.05, 0.1) is 6.10 Å². The summed E-state index contributed by atoms with van der Waals surface area (Å²) < 4.78 is 7.31. The Morgan fingerprint density at radius 2 is 1.90 bits per heavy atom. The zero-order chi connectivity index (χ0) is 21.6. The van der Waals surface area contributed by atoms with E-state index in [0.29, 0.717) is 13.2 Å². The lowest BCUT2D eigenvalue weighted by Crippen LogP contribution is -2.41. The predicted octanol–water partition coefficient (Wildman–Crippen LogP) is 2.94. The predicted molar refractivity (Wildman–Crippen MR) is 120 cm³/mol. The van der Waals surface area contributed by atoms with Gasteiger partial charge in [-0.15, -0.1) is 15.3 Å². The molecule has 1 amide bonds. The molecule has 164 valence electrons. The largest absolute Gasteiger partial charge is 0.379 e. The van der Waals surface area contributed by atoms with Gasteiger partial charge in [0, 0.05) is 37.7 Å². The van der Waals surface area contributed by atoms with Gasteiger partial charge in [-0.3, -0.25) is 4.79 Å². The first-order chi connectivity index (χ1) is 15.1. The molecule has 8 nitrogen and oxygen atoms in total. The first-order valence-corrected chi connectivity index (χ1v) is 11.0. The fourth-order valence-electron chi connectivity index (χ4n) is 3.83. The Morgan fingerprint density at radius 3 is 2.65 bits per heavy atom. The smallest absolute Gasteiger partial charge is 0.223 e. The van der Waals surface area contributed by atoms with Gasteiger partial charge in [0.2, 0.25) is 5.91 Å². The summed E-state index contributed by atoms with van der Waals surface area (Å²) >= 11 is 0. The molecule has 3 aromatic rings. The summed E-state index contributed by atoms with van der Waals surface area (Å²) in [6, 6.07) is 13.9. The van der Waals surface area contributed by atoms with Crippen LogP contribution in [-0.4, -0.2) is 58.1 Å². The quantitative estimate of drug-likeness (QED) is 0.562. The summed E-state index contributed by atoms with van der Waals surface area (Å²) in [5, 5.41) is 16.4. The number of carbonyl (C=O) groups excluding carboxylic acids is 1. The average molecular weight is 423 g/mol. The van der Waals surface area contributed by atoms with Crippen LogP contribution >= 0.6 is 0 Å². The number of benzene rings is 1. The third-order valence-electron chi connectivity index (χ3n) is 5.54. The van der Waals surface area contributed by atoms with E-state index in [2.05, 4.69) is 20.4 Å². The van der Waals surface area contributed by atoms with Crippen molar-refractivity contribution in [3.63, 3.8) is 0 Å². The second-order valence-electron chi connectivity index (χ2n) is 8.18. The fourth-order valence-corrected chi connectivity index (χ4v) is 3.83. The van der Waals surface area contributed by atoms with Crippen molar-refractivity contribution >= 4 is 17.4 Å². The number of aromatic nitrogens is 4. The molecule has 0 unspecified atom stereocenters. The van der Waals surface area contributed by atoms with E-state index < -0.39 is 0 Å². The molecule has 4 rings (SSSR count). The molecule has 31 heavy (non-hydrogen) atoms. The number of hydrogen-bond donors (Lipinski definition) is 1. The zero-order valence-corrected chi connectivity index (χ0v) is 18.2. The van der Waals surface area contributed by atoms with Gasteiger partial charge in [-0.05, 0) is 45.2 Å². The molecule has 0 bridgehead atoms. The van der Waals surface area contributed by atoms with Crippen molar-refractivity contribution in [2.24, 2.45) is 5.92 Å². The van der Waals surface area contributed by atoms with E-state index in [-0.39, 0.29) is 17.9 Å². The van der Waals surface area contributed by atoms with E-state index in [0.717, 1.165) is 55.2 Å². The Balaban J connectivity index is 1.34. The van der Waals surface area contributed by atoms with Crippen LogP contribution in [0.3, 0.4) is 0 Å². The van der Waals surface area contributed by atoms with Crippen LogP contribution in [0.25, 0.3) is 17.0 Å². The Labute approximate surface area is 182 Å². The highest BCUT2D eigenvalue weighted by atomic mass is 16.5. The molecule has 1 aromatic carbocycles. The minimum Gasteiger partial charge on any atom is -0.379 e. The van der Waals surface area contributed by atoms with Crippen molar-refractivity contribution < 1.29 is 9.53 Å². The molecule has 0 radical (unpaired) electrons. The lowest BCUT2D eigenvalue weighted by atomic mass is 9.96. The Bertz CT molecular complexity index is 996. The van der Waals surface area contributed by atoms with Crippen LogP contribution in [0, 0.1) is 5.92 Å². The van der Waals surface area contributed by atoms with Crippen LogP contribution in [0.15, 0.2) is 42.5 Å². The summed E-state index contributed by atoms with van der Waals surface area (Å²) in [6.45, 7) is 6.99. The number of rotatable bonds is 8. The van der Waals surface area contributed by atoms with Crippen LogP contribution in [0.1, 0.15) is 33.1 Å². The van der Waals surface area contributed by atoms with Gasteiger partial charge in [0.1, 0.15) is 5.82 Å². The highest BCUT2D eigenvalue weighted by molar-refractivity contribution is 5.79. The van der Waals surface area contributed by atoms with E-state index >= 15 is 0 Å². The standard InChI is InChI=1S/C23H30N6O2/c1-17(2)31-16-6-13-24-23(30)19-11-14-28(15-12-19)21-10-9-20-25-26-22(29(20)27-21)18-7-4-3-5-8-18/h3-5,7-10,17,19H,6,11-16H2,1-2H3,(H,24,30). The van der Waals surface area contributed by atoms with Gasteiger partial charge in [0.25, 0.3) is 0 Å². The van der Waals surface area contributed by atoms with Gasteiger partial charge >= 0.3 is 0 Å². The third-order valence-corrected chi connectivity index (χ3v) is 5.54. The minimum atomic E-state index is 0.0563. The van der Waals surface area contributed by atoms with Gasteiger partial charge < -0.3 is 15.0 Å². The number of fused-ring (bicyclic) bond motifs is 1. The number of carbonyl (C=O) groups is 1. The summed E-state index contributed by atoms with van der Waals surface area (Å²) in [4.78, 5) is 14.7. The lowest BCUT2D eigenvalue weighted by Gasteiger charge is -2.32. The van der Waals surface area contributed by atoms with Gasteiger partial charge in [-0.1, -0.05) is 30.3 Å². The van der Waals surface area contributed by atoms with E-state index in [9.17, 15) is 4.79 Å². The third kappa shape index (κ3) is 5.19. The molecule has 0 atom stereocenters. The number of hydrogen-bond acceptors (Lipinski definition) is 6. The molecular formula is C23H30N6O2. The molecule has 1 N–H and O–H groups in total. The molecule has 3 heterocycles. The van der Waals surface area contributed by atoms with Crippen LogP contribution in [0.5, 0.6) is 0 Å². The number of anilines is 1. The number of amides is 1. The summed E-state index contributed by atoms with van der Waals surface area (Å²) in [7, 11) is 0. The monoisotopic (exact) mass is 422 g/mol. The van der Waals surface area contributed by atoms with E-state index in [1.54, 1.807) is 4.52 Å². The minimum absolute atomic E-state index is 0.0563. The van der Waals surface area contributed by atoms with Crippen molar-refractivity contribution in [3.05, 3.63) is 42.5 Å². The maximum atomic E-state index is 12.5. The Hall–Kier alpha value is -3.00. The van der Waals surface area contributed by atoms with Crippen LogP contribution in [-0.2, 0) is 9.53 Å². The first-order valence-electron chi connectivity index (χ1n) is 11.0. The molecule has 1 fully saturated rings. The second-order valence-corrected chi connectivity index (χ2v) is 8.18. The Morgan fingerprint density at radius 1 is 1.13 bits per heavy atom. The topological polar surface area (TPSA) is 84.6 Å². The number of nitrogens with zero attached hydrogens (tertiary/aromatic N) is 5. The van der Waals surface area contributed by atoms with Gasteiger partial charge in [-0.2, -0.15) is 4.52 Å². The number of nitrogens with one attached hydrogen (secondary N) is 1. The highest BCUT2D eigenvalue weighted by Gasteiger charge is 2.26. The van der Waals surface area contributed by atoms with Gasteiger partial charge in [-0.25, -0.2) is 0 Å². The molecule has 1 aliphatic heterocycles. The summed E-state index contributed by atoms with van der Waals surface area (Å²) in [5.74, 6) is 1.82. The van der Waals surface area contributed by atoms with E-state index in [4.69, 9.17) is 9.84 Å². The van der Waals surface area contributed by atoms with Crippen LogP contribution < -0.4 is 10.2 Å². The summed E-state index contributed by atoms with van der Waals surface area (Å²) in [6.07, 6.45) is 2.72. The van der Waals surface area contributed by atoms with Crippen molar-refractivity contribution in [1.29, 1.82) is 0 Å². The van der Waals surface area contributed by atoms with Crippen molar-refractivity contribution in [3.8, 4) is 11.4 Å². The molecule has 2 aromatic heterocycles. The zero-order valence-electron chi connectivity index (χ0n) is 18.2. The Kier molecular flexibility index (Phi) is 6.76. The van der Waals surface area contributed by atoms with Crippen LogP contribution in [0.2, 0.25) is 0 Å². The normalized spacial score (nSPS) is 15.0. The van der Waals surface area contributed by atoms with Gasteiger partial charge in [0.15, 0.2) is 11.5 Å². The molecule has 1 aliphatic rings. The van der Waals surface area contributed by atoms with E-state index in [1.807, 2.05) is 56.3 Å². The summed E-state index contributed by atoms with van der Waals surface area (Å²) in [5.41, 5.74) is 1.70. The molecule has 0 spiro atoms. The highest BCUT2D eigenvalue weighted by Crippen LogP contribution is 2.24. The van der Waals surface area contributed by atoms with Crippen LogP contribution in [0.4, 0.5) is 5.82 Å². The molecule has 1 saturated heterocycles. The maximum absolute atomic E-state index is 12.5. The SMILES string of the molecule is CC(C)OCCCNC(=O)C1CCN(c2ccc3nnc(-c4ccccc4)n3n2)CC1. The lowest BCUT2D eigenvalue weighted by molar-refractivity contribution is -0.125. The molecule has 8 heteroatoms. The molecule has 0 saturated carbocycles. The number of piperidine rings is 1. The fraction of sp³-hybridized carbons (Fsp3) is 0.478.